The van der Waals surface area contributed by atoms with Crippen molar-refractivity contribution < 1.29 is 27.4 Å². The van der Waals surface area contributed by atoms with E-state index in [1.54, 1.807) is 0 Å². The maximum Gasteiger partial charge on any atom is 0.573 e. The van der Waals surface area contributed by atoms with Gasteiger partial charge in [-0.05, 0) is 72.6 Å². The Hall–Kier alpha value is -3.27. The Labute approximate surface area is 214 Å². The van der Waals surface area contributed by atoms with Gasteiger partial charge in [-0.25, -0.2) is 4.98 Å². The van der Waals surface area contributed by atoms with Crippen LogP contribution in [-0.2, 0) is 9.53 Å². The normalized spacial score (nSPS) is 17.5. The second kappa shape index (κ2) is 9.89. The lowest BCUT2D eigenvalue weighted by molar-refractivity contribution is -0.274. The number of imidazole rings is 1. The van der Waals surface area contributed by atoms with Crippen molar-refractivity contribution in [3.8, 4) is 5.75 Å². The number of rotatable bonds is 7. The van der Waals surface area contributed by atoms with Crippen molar-refractivity contribution in [3.05, 3.63) is 42.5 Å². The fourth-order valence-corrected chi connectivity index (χ4v) is 5.80. The SMILES string of the molecule is COCC(=O)Nc1ccc2c(c1)nc(Nc1ccc(OC(F)(F)F)cc1)n2C1CC(C)(C)CC(C)(C)C1. The fraction of sp³-hybridized carbons (Fsp3) is 0.481. The highest BCUT2D eigenvalue weighted by Crippen LogP contribution is 2.51. The minimum Gasteiger partial charge on any atom is -0.406 e. The Bertz CT molecular complexity index is 1250. The zero-order valence-electron chi connectivity index (χ0n) is 21.7. The number of methoxy groups -OCH3 is 1. The number of carbonyl (C=O) groups is 1. The molecule has 200 valence electrons. The van der Waals surface area contributed by atoms with Gasteiger partial charge in [-0.15, -0.1) is 13.2 Å². The topological polar surface area (TPSA) is 77.4 Å². The van der Waals surface area contributed by atoms with Gasteiger partial charge < -0.3 is 24.7 Å². The molecule has 4 rings (SSSR count). The van der Waals surface area contributed by atoms with Crippen LogP contribution in [-0.4, -0.2) is 35.5 Å². The smallest absolute Gasteiger partial charge is 0.406 e. The van der Waals surface area contributed by atoms with Crippen molar-refractivity contribution in [2.75, 3.05) is 24.4 Å². The summed E-state index contributed by atoms with van der Waals surface area (Å²) in [4.78, 5) is 16.8. The first-order valence-corrected chi connectivity index (χ1v) is 12.2. The zero-order valence-corrected chi connectivity index (χ0v) is 21.7. The third-order valence-corrected chi connectivity index (χ3v) is 6.49. The average molecular weight is 519 g/mol. The van der Waals surface area contributed by atoms with Crippen LogP contribution in [0.25, 0.3) is 11.0 Å². The van der Waals surface area contributed by atoms with Gasteiger partial charge in [-0.2, -0.15) is 0 Å². The Morgan fingerprint density at radius 2 is 1.68 bits per heavy atom. The number of carbonyl (C=O) groups excluding carboxylic acids is 1. The first-order chi connectivity index (χ1) is 17.2. The van der Waals surface area contributed by atoms with Gasteiger partial charge in [0.1, 0.15) is 12.4 Å². The molecule has 1 saturated carbocycles. The number of alkyl halides is 3. The highest BCUT2D eigenvalue weighted by atomic mass is 19.4. The van der Waals surface area contributed by atoms with Crippen molar-refractivity contribution >= 4 is 34.3 Å². The number of halogens is 3. The summed E-state index contributed by atoms with van der Waals surface area (Å²) in [6, 6.07) is 11.3. The molecule has 0 radical (unpaired) electrons. The molecule has 1 heterocycles. The number of anilines is 3. The van der Waals surface area contributed by atoms with Crippen molar-refractivity contribution in [1.29, 1.82) is 0 Å². The van der Waals surface area contributed by atoms with Crippen LogP contribution >= 0.6 is 0 Å². The van der Waals surface area contributed by atoms with Crippen molar-refractivity contribution in [2.24, 2.45) is 10.8 Å². The van der Waals surface area contributed by atoms with E-state index in [0.29, 0.717) is 22.8 Å². The van der Waals surface area contributed by atoms with Crippen LogP contribution < -0.4 is 15.4 Å². The Morgan fingerprint density at radius 1 is 1.05 bits per heavy atom. The molecule has 10 heteroatoms. The first-order valence-electron chi connectivity index (χ1n) is 12.2. The highest BCUT2D eigenvalue weighted by molar-refractivity contribution is 5.94. The van der Waals surface area contributed by atoms with Crippen molar-refractivity contribution in [1.82, 2.24) is 9.55 Å². The summed E-state index contributed by atoms with van der Waals surface area (Å²) in [6.07, 6.45) is -1.76. The quantitative estimate of drug-likeness (QED) is 0.351. The van der Waals surface area contributed by atoms with Gasteiger partial charge in [0, 0.05) is 24.5 Å². The summed E-state index contributed by atoms with van der Waals surface area (Å²) in [5, 5.41) is 6.10. The van der Waals surface area contributed by atoms with E-state index in [4.69, 9.17) is 9.72 Å². The molecular formula is C27H33F3N4O3. The Kier molecular flexibility index (Phi) is 7.16. The second-order valence-electron chi connectivity index (χ2n) is 11.3. The molecule has 0 spiro atoms. The van der Waals surface area contributed by atoms with Crippen molar-refractivity contribution in [3.63, 3.8) is 0 Å². The van der Waals surface area contributed by atoms with E-state index < -0.39 is 6.36 Å². The molecule has 1 amide bonds. The molecule has 1 aromatic heterocycles. The molecule has 0 bridgehead atoms. The molecule has 0 atom stereocenters. The zero-order chi connectivity index (χ0) is 27.0. The summed E-state index contributed by atoms with van der Waals surface area (Å²) in [5.41, 5.74) is 3.01. The number of benzene rings is 2. The molecule has 0 unspecified atom stereocenters. The lowest BCUT2D eigenvalue weighted by Gasteiger charge is -2.45. The van der Waals surface area contributed by atoms with Gasteiger partial charge >= 0.3 is 6.36 Å². The van der Waals surface area contributed by atoms with Crippen LogP contribution in [0.2, 0.25) is 0 Å². The second-order valence-corrected chi connectivity index (χ2v) is 11.3. The van der Waals surface area contributed by atoms with Gasteiger partial charge in [0.25, 0.3) is 0 Å². The van der Waals surface area contributed by atoms with E-state index in [0.717, 1.165) is 24.8 Å². The van der Waals surface area contributed by atoms with Crippen LogP contribution in [0.4, 0.5) is 30.5 Å². The molecule has 1 aliphatic rings. The average Bonchev–Trinajstić information content (AvgIpc) is 3.09. The molecule has 0 saturated heterocycles. The van der Waals surface area contributed by atoms with Crippen LogP contribution in [0.3, 0.4) is 0 Å². The van der Waals surface area contributed by atoms with E-state index in [2.05, 4.69) is 47.6 Å². The van der Waals surface area contributed by atoms with Crippen molar-refractivity contribution in [2.45, 2.75) is 59.4 Å². The summed E-state index contributed by atoms with van der Waals surface area (Å²) < 4.78 is 48.7. The lowest BCUT2D eigenvalue weighted by Crippen LogP contribution is -2.35. The first kappa shape index (κ1) is 26.8. The maximum absolute atomic E-state index is 12.6. The third-order valence-electron chi connectivity index (χ3n) is 6.49. The predicted octanol–water partition coefficient (Wildman–Crippen LogP) is 7.04. The third kappa shape index (κ3) is 6.74. The van der Waals surface area contributed by atoms with E-state index in [9.17, 15) is 18.0 Å². The molecule has 7 nitrogen and oxygen atoms in total. The Balaban J connectivity index is 1.72. The summed E-state index contributed by atoms with van der Waals surface area (Å²) in [7, 11) is 1.46. The van der Waals surface area contributed by atoms with E-state index in [-0.39, 0.29) is 35.1 Å². The fourth-order valence-electron chi connectivity index (χ4n) is 5.80. The van der Waals surface area contributed by atoms with Crippen LogP contribution in [0.1, 0.15) is 53.0 Å². The molecular weight excluding hydrogens is 485 g/mol. The summed E-state index contributed by atoms with van der Waals surface area (Å²) in [5.74, 6) is 0.0220. The van der Waals surface area contributed by atoms with E-state index in [1.807, 2.05) is 18.2 Å². The molecule has 0 aliphatic heterocycles. The predicted molar refractivity (Wildman–Crippen MR) is 137 cm³/mol. The van der Waals surface area contributed by atoms with Gasteiger partial charge in [-0.3, -0.25) is 4.79 Å². The lowest BCUT2D eigenvalue weighted by atomic mass is 9.63. The summed E-state index contributed by atoms with van der Waals surface area (Å²) >= 11 is 0. The van der Waals surface area contributed by atoms with Gasteiger partial charge in [0.2, 0.25) is 11.9 Å². The molecule has 2 N–H and O–H groups in total. The highest BCUT2D eigenvalue weighted by Gasteiger charge is 2.40. The number of ether oxygens (including phenoxy) is 2. The number of fused-ring (bicyclic) bond motifs is 1. The van der Waals surface area contributed by atoms with Crippen LogP contribution in [0.5, 0.6) is 5.75 Å². The molecule has 3 aromatic rings. The maximum atomic E-state index is 12.6. The molecule has 1 fully saturated rings. The van der Waals surface area contributed by atoms with Crippen LogP contribution in [0.15, 0.2) is 42.5 Å². The molecule has 37 heavy (non-hydrogen) atoms. The minimum atomic E-state index is -4.75. The summed E-state index contributed by atoms with van der Waals surface area (Å²) in [6.45, 7) is 9.04. The largest absolute Gasteiger partial charge is 0.573 e. The monoisotopic (exact) mass is 518 g/mol. The van der Waals surface area contributed by atoms with Gasteiger partial charge in [0.15, 0.2) is 0 Å². The van der Waals surface area contributed by atoms with E-state index >= 15 is 0 Å². The number of nitrogens with zero attached hydrogens (tertiary/aromatic N) is 2. The van der Waals surface area contributed by atoms with Gasteiger partial charge in [-0.1, -0.05) is 27.7 Å². The Morgan fingerprint density at radius 3 is 2.27 bits per heavy atom. The van der Waals surface area contributed by atoms with Crippen LogP contribution in [0, 0.1) is 10.8 Å². The number of hydrogen-bond donors (Lipinski definition) is 2. The number of nitrogens with one attached hydrogen (secondary N) is 2. The standard InChI is InChI=1S/C27H33F3N4O3/c1-25(2)13-19(14-26(3,4)16-25)34-22-11-8-18(31-23(35)15-36-5)12-21(22)33-24(34)32-17-6-9-20(10-7-17)37-27(28,29)30/h6-12,19H,13-16H2,1-5H3,(H,31,35)(H,32,33). The number of amides is 1. The number of aromatic nitrogens is 2. The number of hydrogen-bond acceptors (Lipinski definition) is 5. The minimum absolute atomic E-state index is 0.0560. The molecule has 2 aromatic carbocycles. The molecule has 1 aliphatic carbocycles. The van der Waals surface area contributed by atoms with E-state index in [1.165, 1.54) is 31.4 Å². The van der Waals surface area contributed by atoms with Gasteiger partial charge in [0.05, 0.1) is 11.0 Å².